The molecule has 1 aromatic carbocycles. The minimum Gasteiger partial charge on any atom is -0.327 e. The summed E-state index contributed by atoms with van der Waals surface area (Å²) in [5, 5.41) is 3.74. The van der Waals surface area contributed by atoms with Crippen molar-refractivity contribution in [3.8, 4) is 0 Å². The Hall–Kier alpha value is -1.00. The van der Waals surface area contributed by atoms with E-state index in [1.54, 1.807) is 0 Å². The minimum absolute atomic E-state index is 0.0133. The van der Waals surface area contributed by atoms with Gasteiger partial charge in [-0.15, -0.1) is 0 Å². The Bertz CT molecular complexity index is 442. The number of hydrogen-bond donors (Lipinski definition) is 2. The van der Waals surface area contributed by atoms with Gasteiger partial charge in [-0.2, -0.15) is 11.8 Å². The van der Waals surface area contributed by atoms with Gasteiger partial charge in [0.25, 0.3) is 0 Å². The van der Waals surface area contributed by atoms with Crippen molar-refractivity contribution in [2.75, 3.05) is 5.32 Å². The zero-order valence-corrected chi connectivity index (χ0v) is 12.9. The van der Waals surface area contributed by atoms with Crippen LogP contribution in [0.1, 0.15) is 44.6 Å². The highest BCUT2D eigenvalue weighted by atomic mass is 32.2. The fourth-order valence-corrected chi connectivity index (χ4v) is 3.79. The van der Waals surface area contributed by atoms with Gasteiger partial charge >= 0.3 is 0 Å². The smallest absolute Gasteiger partial charge is 0.225 e. The van der Waals surface area contributed by atoms with Crippen molar-refractivity contribution in [1.29, 1.82) is 0 Å². The summed E-state index contributed by atoms with van der Waals surface area (Å²) in [6.45, 7) is 1.84. The van der Waals surface area contributed by atoms with Crippen LogP contribution < -0.4 is 11.1 Å². The molecule has 1 aliphatic rings. The van der Waals surface area contributed by atoms with Gasteiger partial charge in [0.1, 0.15) is 0 Å². The van der Waals surface area contributed by atoms with Crippen LogP contribution in [-0.4, -0.2) is 17.2 Å². The number of nitrogens with two attached hydrogens (primary N) is 1. The van der Waals surface area contributed by atoms with Crippen molar-refractivity contribution in [2.45, 2.75) is 56.1 Å². The van der Waals surface area contributed by atoms with E-state index < -0.39 is 0 Å². The highest BCUT2D eigenvalue weighted by molar-refractivity contribution is 7.99. The Balaban J connectivity index is 1.85. The number of hydrogen-bond acceptors (Lipinski definition) is 3. The van der Waals surface area contributed by atoms with E-state index in [1.807, 2.05) is 30.8 Å². The molecule has 1 saturated carbocycles. The summed E-state index contributed by atoms with van der Waals surface area (Å²) in [4.78, 5) is 11.7. The molecule has 1 aromatic rings. The first-order valence-corrected chi connectivity index (χ1v) is 8.44. The molecule has 0 heterocycles. The molecule has 1 fully saturated rings. The molecule has 1 amide bonds. The van der Waals surface area contributed by atoms with Crippen molar-refractivity contribution in [1.82, 2.24) is 0 Å². The molecule has 1 aliphatic carbocycles. The molecule has 0 spiro atoms. The van der Waals surface area contributed by atoms with Crippen LogP contribution in [0.5, 0.6) is 0 Å². The lowest BCUT2D eigenvalue weighted by Crippen LogP contribution is -2.23. The second kappa shape index (κ2) is 7.70. The van der Waals surface area contributed by atoms with Gasteiger partial charge in [-0.05, 0) is 37.5 Å². The average Bonchev–Trinajstić information content (AvgIpc) is 2.88. The SMILES string of the molecule is CC(N)CC(=O)Nc1cccc(CSC2CCCC2)c1. The topological polar surface area (TPSA) is 55.1 Å². The molecule has 0 saturated heterocycles. The lowest BCUT2D eigenvalue weighted by Gasteiger charge is -2.11. The maximum Gasteiger partial charge on any atom is 0.225 e. The van der Waals surface area contributed by atoms with Crippen molar-refractivity contribution >= 4 is 23.4 Å². The van der Waals surface area contributed by atoms with Crippen molar-refractivity contribution in [2.24, 2.45) is 5.73 Å². The summed E-state index contributed by atoms with van der Waals surface area (Å²) in [5.41, 5.74) is 7.78. The third-order valence-electron chi connectivity index (χ3n) is 3.51. The van der Waals surface area contributed by atoms with Crippen LogP contribution in [0.25, 0.3) is 0 Å². The number of carbonyl (C=O) groups is 1. The lowest BCUT2D eigenvalue weighted by atomic mass is 10.2. The molecule has 0 aliphatic heterocycles. The fourth-order valence-electron chi connectivity index (χ4n) is 2.51. The third-order valence-corrected chi connectivity index (χ3v) is 4.95. The number of anilines is 1. The summed E-state index contributed by atoms with van der Waals surface area (Å²) in [6.07, 6.45) is 5.84. The van der Waals surface area contributed by atoms with Crippen LogP contribution >= 0.6 is 11.8 Å². The average molecular weight is 292 g/mol. The zero-order chi connectivity index (χ0) is 14.4. The molecular weight excluding hydrogens is 268 g/mol. The highest BCUT2D eigenvalue weighted by Crippen LogP contribution is 2.31. The van der Waals surface area contributed by atoms with Gasteiger partial charge in [-0.1, -0.05) is 25.0 Å². The Morgan fingerprint density at radius 1 is 1.45 bits per heavy atom. The Labute approximate surface area is 125 Å². The molecule has 1 unspecified atom stereocenters. The van der Waals surface area contributed by atoms with E-state index in [2.05, 4.69) is 17.4 Å². The van der Waals surface area contributed by atoms with Gasteiger partial charge in [0.2, 0.25) is 5.91 Å². The minimum atomic E-state index is -0.101. The predicted molar refractivity (Wildman–Crippen MR) is 86.9 cm³/mol. The quantitative estimate of drug-likeness (QED) is 0.843. The molecular formula is C16H24N2OS. The molecule has 20 heavy (non-hydrogen) atoms. The van der Waals surface area contributed by atoms with E-state index in [0.717, 1.165) is 16.7 Å². The molecule has 110 valence electrons. The van der Waals surface area contributed by atoms with Gasteiger partial charge in [-0.3, -0.25) is 4.79 Å². The second-order valence-electron chi connectivity index (χ2n) is 5.65. The molecule has 2 rings (SSSR count). The maximum atomic E-state index is 11.7. The summed E-state index contributed by atoms with van der Waals surface area (Å²) in [7, 11) is 0. The van der Waals surface area contributed by atoms with Gasteiger partial charge in [0.15, 0.2) is 0 Å². The number of amides is 1. The first-order valence-electron chi connectivity index (χ1n) is 7.39. The van der Waals surface area contributed by atoms with Gasteiger partial charge in [0, 0.05) is 29.2 Å². The fraction of sp³-hybridized carbons (Fsp3) is 0.562. The van der Waals surface area contributed by atoms with E-state index in [0.29, 0.717) is 6.42 Å². The van der Waals surface area contributed by atoms with E-state index in [9.17, 15) is 4.79 Å². The van der Waals surface area contributed by atoms with E-state index in [1.165, 1.54) is 31.2 Å². The van der Waals surface area contributed by atoms with Gasteiger partial charge in [-0.25, -0.2) is 0 Å². The molecule has 1 atom stereocenters. The Kier molecular flexibility index (Phi) is 5.92. The first kappa shape index (κ1) is 15.4. The van der Waals surface area contributed by atoms with E-state index in [-0.39, 0.29) is 11.9 Å². The summed E-state index contributed by atoms with van der Waals surface area (Å²) in [6, 6.07) is 8.04. The van der Waals surface area contributed by atoms with Crippen LogP contribution in [-0.2, 0) is 10.5 Å². The largest absolute Gasteiger partial charge is 0.327 e. The van der Waals surface area contributed by atoms with Crippen LogP contribution in [0, 0.1) is 0 Å². The van der Waals surface area contributed by atoms with Crippen molar-refractivity contribution < 1.29 is 4.79 Å². The number of benzene rings is 1. The molecule has 3 N–H and O–H groups in total. The number of rotatable bonds is 6. The Morgan fingerprint density at radius 2 is 2.20 bits per heavy atom. The monoisotopic (exact) mass is 292 g/mol. The van der Waals surface area contributed by atoms with Crippen molar-refractivity contribution in [3.05, 3.63) is 29.8 Å². The van der Waals surface area contributed by atoms with Crippen LogP contribution in [0.15, 0.2) is 24.3 Å². The number of thioether (sulfide) groups is 1. The normalized spacial score (nSPS) is 17.1. The molecule has 0 aromatic heterocycles. The van der Waals surface area contributed by atoms with Crippen molar-refractivity contribution in [3.63, 3.8) is 0 Å². The van der Waals surface area contributed by atoms with Gasteiger partial charge < -0.3 is 11.1 Å². The number of carbonyl (C=O) groups excluding carboxylic acids is 1. The highest BCUT2D eigenvalue weighted by Gasteiger charge is 2.15. The molecule has 0 radical (unpaired) electrons. The second-order valence-corrected chi connectivity index (χ2v) is 6.94. The lowest BCUT2D eigenvalue weighted by molar-refractivity contribution is -0.116. The van der Waals surface area contributed by atoms with Crippen LogP contribution in [0.2, 0.25) is 0 Å². The molecule has 3 nitrogen and oxygen atoms in total. The van der Waals surface area contributed by atoms with Gasteiger partial charge in [0.05, 0.1) is 0 Å². The van der Waals surface area contributed by atoms with E-state index >= 15 is 0 Å². The predicted octanol–water partition coefficient (Wildman–Crippen LogP) is 3.54. The first-order chi connectivity index (χ1) is 9.63. The van der Waals surface area contributed by atoms with Crippen LogP contribution in [0.3, 0.4) is 0 Å². The number of nitrogens with one attached hydrogen (secondary N) is 1. The summed E-state index contributed by atoms with van der Waals surface area (Å²) >= 11 is 2.04. The standard InChI is InChI=1S/C16H24N2OS/c1-12(17)9-16(19)18-14-6-4-5-13(10-14)11-20-15-7-2-3-8-15/h4-6,10,12,15H,2-3,7-9,11,17H2,1H3,(H,18,19). The maximum absolute atomic E-state index is 11.7. The molecule has 4 heteroatoms. The van der Waals surface area contributed by atoms with E-state index in [4.69, 9.17) is 5.73 Å². The zero-order valence-electron chi connectivity index (χ0n) is 12.1. The third kappa shape index (κ3) is 5.17. The summed E-state index contributed by atoms with van der Waals surface area (Å²) in [5.74, 6) is 1.02. The Morgan fingerprint density at radius 3 is 2.90 bits per heavy atom. The molecule has 0 bridgehead atoms. The summed E-state index contributed by atoms with van der Waals surface area (Å²) < 4.78 is 0. The van der Waals surface area contributed by atoms with Crippen LogP contribution in [0.4, 0.5) is 5.69 Å².